The lowest BCUT2D eigenvalue weighted by molar-refractivity contribution is -0.216. The second-order valence-corrected chi connectivity index (χ2v) is 4.04. The van der Waals surface area contributed by atoms with E-state index in [1.54, 1.807) is 21.3 Å². The molecule has 3 atom stereocenters. The summed E-state index contributed by atoms with van der Waals surface area (Å²) in [6.07, 6.45) is 0.729. The number of ether oxygens (including phenoxy) is 4. The Morgan fingerprint density at radius 2 is 1.93 bits per heavy atom. The molecule has 1 aliphatic carbocycles. The molecule has 0 spiro atoms. The molecule has 0 radical (unpaired) electrons. The molecule has 0 amide bonds. The molecule has 1 aliphatic heterocycles. The van der Waals surface area contributed by atoms with Gasteiger partial charge in [0.2, 0.25) is 6.29 Å². The molecule has 1 heterocycles. The molecule has 1 saturated heterocycles. The molecule has 1 saturated carbocycles. The SMILES string of the molecule is COC1OC(=O)C2CC(OC)(OC)CC12. The summed E-state index contributed by atoms with van der Waals surface area (Å²) >= 11 is 0. The van der Waals surface area contributed by atoms with Crippen molar-refractivity contribution in [3.63, 3.8) is 0 Å². The Labute approximate surface area is 88.6 Å². The summed E-state index contributed by atoms with van der Waals surface area (Å²) in [6.45, 7) is 0. The lowest BCUT2D eigenvalue weighted by atomic mass is 9.99. The van der Waals surface area contributed by atoms with Crippen LogP contribution in [0, 0.1) is 11.8 Å². The number of carbonyl (C=O) groups excluding carboxylic acids is 1. The van der Waals surface area contributed by atoms with Gasteiger partial charge in [-0.15, -0.1) is 0 Å². The minimum absolute atomic E-state index is 0.0439. The molecule has 5 heteroatoms. The van der Waals surface area contributed by atoms with Crippen LogP contribution in [0.4, 0.5) is 0 Å². The van der Waals surface area contributed by atoms with E-state index in [4.69, 9.17) is 18.9 Å². The number of fused-ring (bicyclic) bond motifs is 1. The second-order valence-electron chi connectivity index (χ2n) is 4.04. The van der Waals surface area contributed by atoms with Crippen molar-refractivity contribution in [1.82, 2.24) is 0 Å². The number of hydrogen-bond donors (Lipinski definition) is 0. The van der Waals surface area contributed by atoms with Gasteiger partial charge in [0.1, 0.15) is 0 Å². The zero-order valence-electron chi connectivity index (χ0n) is 9.19. The highest BCUT2D eigenvalue weighted by molar-refractivity contribution is 5.75. The third-order valence-corrected chi connectivity index (χ3v) is 3.46. The molecule has 0 aromatic carbocycles. The van der Waals surface area contributed by atoms with Crippen molar-refractivity contribution in [3.8, 4) is 0 Å². The van der Waals surface area contributed by atoms with Crippen molar-refractivity contribution in [3.05, 3.63) is 0 Å². The molecule has 0 aromatic rings. The van der Waals surface area contributed by atoms with Gasteiger partial charge >= 0.3 is 5.97 Å². The Kier molecular flexibility index (Phi) is 2.70. The molecule has 0 N–H and O–H groups in total. The smallest absolute Gasteiger partial charge is 0.311 e. The van der Waals surface area contributed by atoms with E-state index in [0.29, 0.717) is 12.8 Å². The van der Waals surface area contributed by atoms with Crippen molar-refractivity contribution < 1.29 is 23.7 Å². The maximum Gasteiger partial charge on any atom is 0.311 e. The lowest BCUT2D eigenvalue weighted by Crippen LogP contribution is -2.33. The van der Waals surface area contributed by atoms with Gasteiger partial charge in [0, 0.05) is 40.1 Å². The van der Waals surface area contributed by atoms with E-state index in [2.05, 4.69) is 0 Å². The van der Waals surface area contributed by atoms with E-state index < -0.39 is 12.1 Å². The second kappa shape index (κ2) is 3.73. The highest BCUT2D eigenvalue weighted by Crippen LogP contribution is 2.48. The highest BCUT2D eigenvalue weighted by Gasteiger charge is 2.57. The Bertz CT molecular complexity index is 261. The van der Waals surface area contributed by atoms with E-state index in [-0.39, 0.29) is 17.8 Å². The summed E-state index contributed by atoms with van der Waals surface area (Å²) in [5.74, 6) is -0.967. The van der Waals surface area contributed by atoms with Crippen molar-refractivity contribution in [1.29, 1.82) is 0 Å². The molecular formula is C10H16O5. The number of hydrogen-bond acceptors (Lipinski definition) is 5. The van der Waals surface area contributed by atoms with Crippen LogP contribution in [0.15, 0.2) is 0 Å². The lowest BCUT2D eigenvalue weighted by Gasteiger charge is -2.27. The predicted molar refractivity (Wildman–Crippen MR) is 49.9 cm³/mol. The Balaban J connectivity index is 2.16. The van der Waals surface area contributed by atoms with Gasteiger partial charge in [-0.1, -0.05) is 0 Å². The quantitative estimate of drug-likeness (QED) is 0.509. The summed E-state index contributed by atoms with van der Waals surface area (Å²) in [5.41, 5.74) is 0. The van der Waals surface area contributed by atoms with Gasteiger partial charge in [-0.05, 0) is 0 Å². The van der Waals surface area contributed by atoms with Crippen LogP contribution >= 0.6 is 0 Å². The van der Waals surface area contributed by atoms with Gasteiger partial charge in [-0.3, -0.25) is 4.79 Å². The minimum Gasteiger partial charge on any atom is -0.435 e. The van der Waals surface area contributed by atoms with Gasteiger partial charge in [0.15, 0.2) is 5.79 Å². The molecule has 0 bridgehead atoms. The number of esters is 1. The summed E-state index contributed by atoms with van der Waals surface area (Å²) in [7, 11) is 4.73. The average molecular weight is 216 g/mol. The van der Waals surface area contributed by atoms with E-state index >= 15 is 0 Å². The van der Waals surface area contributed by atoms with Crippen molar-refractivity contribution >= 4 is 5.97 Å². The van der Waals surface area contributed by atoms with E-state index in [0.717, 1.165) is 0 Å². The normalized spacial score (nSPS) is 37.8. The summed E-state index contributed by atoms with van der Waals surface area (Å²) in [4.78, 5) is 11.5. The first-order valence-corrected chi connectivity index (χ1v) is 4.99. The summed E-state index contributed by atoms with van der Waals surface area (Å²) in [6, 6.07) is 0. The van der Waals surface area contributed by atoms with Crippen molar-refractivity contribution in [2.75, 3.05) is 21.3 Å². The van der Waals surface area contributed by atoms with Crippen LogP contribution in [0.1, 0.15) is 12.8 Å². The van der Waals surface area contributed by atoms with E-state index in [9.17, 15) is 4.79 Å². The maximum atomic E-state index is 11.5. The van der Waals surface area contributed by atoms with Crippen LogP contribution in [0.25, 0.3) is 0 Å². The first kappa shape index (κ1) is 10.9. The monoisotopic (exact) mass is 216 g/mol. The fourth-order valence-electron chi connectivity index (χ4n) is 2.54. The van der Waals surface area contributed by atoms with Gasteiger partial charge in [0.05, 0.1) is 5.92 Å². The van der Waals surface area contributed by atoms with Gasteiger partial charge in [0.25, 0.3) is 0 Å². The molecule has 3 unspecified atom stereocenters. The van der Waals surface area contributed by atoms with Gasteiger partial charge in [-0.2, -0.15) is 0 Å². The maximum absolute atomic E-state index is 11.5. The highest BCUT2D eigenvalue weighted by atomic mass is 16.7. The van der Waals surface area contributed by atoms with E-state index in [1.807, 2.05) is 0 Å². The Morgan fingerprint density at radius 1 is 1.27 bits per heavy atom. The number of methoxy groups -OCH3 is 3. The molecule has 0 aromatic heterocycles. The Morgan fingerprint density at radius 3 is 2.47 bits per heavy atom. The third-order valence-electron chi connectivity index (χ3n) is 3.46. The van der Waals surface area contributed by atoms with Crippen LogP contribution in [-0.2, 0) is 23.7 Å². The Hall–Kier alpha value is -0.650. The van der Waals surface area contributed by atoms with Crippen LogP contribution < -0.4 is 0 Å². The predicted octanol–water partition coefficient (Wildman–Crippen LogP) is 0.531. The number of rotatable bonds is 3. The molecule has 2 aliphatic rings. The minimum atomic E-state index is -0.647. The summed E-state index contributed by atoms with van der Waals surface area (Å²) < 4.78 is 20.9. The van der Waals surface area contributed by atoms with Crippen molar-refractivity contribution in [2.24, 2.45) is 11.8 Å². The average Bonchev–Trinajstić information content (AvgIpc) is 2.77. The number of cyclic esters (lactones) is 1. The molecule has 2 fully saturated rings. The van der Waals surface area contributed by atoms with Crippen molar-refractivity contribution in [2.45, 2.75) is 24.9 Å². The fraction of sp³-hybridized carbons (Fsp3) is 0.900. The molecule has 2 rings (SSSR count). The summed E-state index contributed by atoms with van der Waals surface area (Å²) in [5, 5.41) is 0. The molecule has 86 valence electrons. The van der Waals surface area contributed by atoms with Crippen LogP contribution in [0.5, 0.6) is 0 Å². The molecule has 5 nitrogen and oxygen atoms in total. The van der Waals surface area contributed by atoms with Crippen LogP contribution in [0.3, 0.4) is 0 Å². The van der Waals surface area contributed by atoms with Gasteiger partial charge in [-0.25, -0.2) is 0 Å². The first-order chi connectivity index (χ1) is 7.15. The van der Waals surface area contributed by atoms with Gasteiger partial charge < -0.3 is 18.9 Å². The zero-order chi connectivity index (χ0) is 11.1. The zero-order valence-corrected chi connectivity index (χ0v) is 9.19. The first-order valence-electron chi connectivity index (χ1n) is 4.99. The topological polar surface area (TPSA) is 54.0 Å². The van der Waals surface area contributed by atoms with E-state index in [1.165, 1.54) is 0 Å². The molecule has 15 heavy (non-hydrogen) atoms. The van der Waals surface area contributed by atoms with Crippen LogP contribution in [0.2, 0.25) is 0 Å². The third kappa shape index (κ3) is 1.55. The fourth-order valence-corrected chi connectivity index (χ4v) is 2.54. The number of carbonyl (C=O) groups is 1. The largest absolute Gasteiger partial charge is 0.435 e. The van der Waals surface area contributed by atoms with Crippen LogP contribution in [-0.4, -0.2) is 39.4 Å². The molecular weight excluding hydrogens is 200 g/mol. The standard InChI is InChI=1S/C10H16O5/c1-12-9-7-5-10(13-2,14-3)4-6(7)8(11)15-9/h6-7,9H,4-5H2,1-3H3.